The number of hydrogen-bond acceptors (Lipinski definition) is 2. The van der Waals surface area contributed by atoms with E-state index in [0.29, 0.717) is 5.69 Å². The average Bonchev–Trinajstić information content (AvgIpc) is 2.40. The van der Waals surface area contributed by atoms with Crippen LogP contribution in [0.5, 0.6) is 0 Å². The number of benzene rings is 1. The molecule has 0 atom stereocenters. The maximum atomic E-state index is 12.9. The normalized spacial score (nSPS) is 11.3. The Morgan fingerprint density at radius 2 is 1.95 bits per heavy atom. The number of anilines is 1. The number of nitrogens with zero attached hydrogens (tertiary/aromatic N) is 1. The summed E-state index contributed by atoms with van der Waals surface area (Å²) in [6, 6.07) is 6.25. The molecule has 1 amide bonds. The topological polar surface area (TPSA) is 42.0 Å². The van der Waals surface area contributed by atoms with Gasteiger partial charge in [-0.1, -0.05) is 11.6 Å². The lowest BCUT2D eigenvalue weighted by molar-refractivity contribution is -0.136. The number of hydrogen-bond donors (Lipinski definition) is 1. The van der Waals surface area contributed by atoms with Gasteiger partial charge in [0.2, 0.25) is 0 Å². The summed E-state index contributed by atoms with van der Waals surface area (Å²) in [5.41, 5.74) is -0.474. The SMILES string of the molecule is Cc1ccc(C(=O)Nc2ccc(Cl)cc2C(F)(F)F)cn1. The van der Waals surface area contributed by atoms with Crippen LogP contribution >= 0.6 is 11.6 Å². The molecule has 0 aliphatic carbocycles. The van der Waals surface area contributed by atoms with Gasteiger partial charge in [-0.15, -0.1) is 0 Å². The number of carbonyl (C=O) groups excluding carboxylic acids is 1. The van der Waals surface area contributed by atoms with Crippen LogP contribution in [-0.2, 0) is 6.18 Å². The molecule has 0 saturated heterocycles. The van der Waals surface area contributed by atoms with Crippen LogP contribution in [0.3, 0.4) is 0 Å². The molecular weight excluding hydrogens is 305 g/mol. The number of halogens is 4. The molecule has 1 aromatic carbocycles. The van der Waals surface area contributed by atoms with E-state index in [1.54, 1.807) is 13.0 Å². The van der Waals surface area contributed by atoms with Crippen LogP contribution in [0.4, 0.5) is 18.9 Å². The van der Waals surface area contributed by atoms with Crippen LogP contribution in [0.15, 0.2) is 36.5 Å². The van der Waals surface area contributed by atoms with Crippen LogP contribution in [0.1, 0.15) is 21.6 Å². The lowest BCUT2D eigenvalue weighted by Gasteiger charge is -2.14. The molecule has 1 aromatic heterocycles. The molecule has 0 aliphatic heterocycles. The van der Waals surface area contributed by atoms with E-state index in [4.69, 9.17) is 11.6 Å². The number of carbonyl (C=O) groups is 1. The highest BCUT2D eigenvalue weighted by atomic mass is 35.5. The zero-order valence-electron chi connectivity index (χ0n) is 10.8. The van der Waals surface area contributed by atoms with E-state index < -0.39 is 17.6 Å². The van der Waals surface area contributed by atoms with Gasteiger partial charge in [0.05, 0.1) is 16.8 Å². The molecule has 0 saturated carbocycles. The summed E-state index contributed by atoms with van der Waals surface area (Å²) in [7, 11) is 0. The summed E-state index contributed by atoms with van der Waals surface area (Å²) >= 11 is 5.57. The standard InChI is InChI=1S/C14H10ClF3N2O/c1-8-2-3-9(7-19-8)13(21)20-12-5-4-10(15)6-11(12)14(16,17)18/h2-7H,1H3,(H,20,21). The minimum Gasteiger partial charge on any atom is -0.321 e. The molecule has 0 bridgehead atoms. The van der Waals surface area contributed by atoms with Crippen molar-refractivity contribution in [3.63, 3.8) is 0 Å². The molecule has 21 heavy (non-hydrogen) atoms. The fourth-order valence-electron chi connectivity index (χ4n) is 1.66. The third-order valence-electron chi connectivity index (χ3n) is 2.71. The van der Waals surface area contributed by atoms with E-state index in [-0.39, 0.29) is 16.3 Å². The van der Waals surface area contributed by atoms with Gasteiger partial charge < -0.3 is 5.32 Å². The molecule has 0 spiro atoms. The lowest BCUT2D eigenvalue weighted by Crippen LogP contribution is -2.17. The quantitative estimate of drug-likeness (QED) is 0.897. The molecule has 0 radical (unpaired) electrons. The van der Waals surface area contributed by atoms with Gasteiger partial charge in [0.1, 0.15) is 0 Å². The largest absolute Gasteiger partial charge is 0.418 e. The number of pyridine rings is 1. The van der Waals surface area contributed by atoms with Gasteiger partial charge in [0.25, 0.3) is 5.91 Å². The summed E-state index contributed by atoms with van der Waals surface area (Å²) in [5.74, 6) is -0.671. The summed E-state index contributed by atoms with van der Waals surface area (Å²) in [6.07, 6.45) is -3.31. The second kappa shape index (κ2) is 5.73. The summed E-state index contributed by atoms with van der Waals surface area (Å²) in [5, 5.41) is 2.16. The molecule has 2 rings (SSSR count). The molecule has 110 valence electrons. The van der Waals surface area contributed by atoms with Gasteiger partial charge in [-0.05, 0) is 37.3 Å². The van der Waals surface area contributed by atoms with Gasteiger partial charge in [0, 0.05) is 16.9 Å². The van der Waals surface area contributed by atoms with Gasteiger partial charge in [-0.25, -0.2) is 0 Å². The highest BCUT2D eigenvalue weighted by Crippen LogP contribution is 2.36. The smallest absolute Gasteiger partial charge is 0.321 e. The first-order valence-electron chi connectivity index (χ1n) is 5.88. The molecule has 0 aliphatic rings. The van der Waals surface area contributed by atoms with Crippen LogP contribution in [0.25, 0.3) is 0 Å². The number of rotatable bonds is 2. The Hall–Kier alpha value is -2.08. The van der Waals surface area contributed by atoms with Crippen LogP contribution < -0.4 is 5.32 Å². The monoisotopic (exact) mass is 314 g/mol. The third-order valence-corrected chi connectivity index (χ3v) is 2.94. The molecule has 0 fully saturated rings. The van der Waals surface area contributed by atoms with E-state index in [9.17, 15) is 18.0 Å². The average molecular weight is 315 g/mol. The second-order valence-electron chi connectivity index (χ2n) is 4.33. The second-order valence-corrected chi connectivity index (χ2v) is 4.77. The maximum absolute atomic E-state index is 12.9. The van der Waals surface area contributed by atoms with Gasteiger partial charge in [-0.2, -0.15) is 13.2 Å². The van der Waals surface area contributed by atoms with Crippen LogP contribution in [0, 0.1) is 6.92 Å². The Morgan fingerprint density at radius 1 is 1.24 bits per heavy atom. The highest BCUT2D eigenvalue weighted by Gasteiger charge is 2.34. The first-order chi connectivity index (χ1) is 9.77. The van der Waals surface area contributed by atoms with Crippen molar-refractivity contribution in [1.82, 2.24) is 4.98 Å². The van der Waals surface area contributed by atoms with E-state index >= 15 is 0 Å². The molecule has 7 heteroatoms. The van der Waals surface area contributed by atoms with Crippen molar-refractivity contribution in [2.75, 3.05) is 5.32 Å². The summed E-state index contributed by atoms with van der Waals surface area (Å²) in [4.78, 5) is 15.9. The number of amides is 1. The Morgan fingerprint density at radius 3 is 2.52 bits per heavy atom. The zero-order valence-corrected chi connectivity index (χ0v) is 11.6. The Bertz CT molecular complexity index is 669. The Balaban J connectivity index is 2.31. The number of aryl methyl sites for hydroxylation is 1. The fraction of sp³-hybridized carbons (Fsp3) is 0.143. The number of alkyl halides is 3. The number of aromatic nitrogens is 1. The number of nitrogens with one attached hydrogen (secondary N) is 1. The van der Waals surface area contributed by atoms with Gasteiger partial charge >= 0.3 is 6.18 Å². The Labute approximate surface area is 123 Å². The van der Waals surface area contributed by atoms with E-state index in [1.807, 2.05) is 0 Å². The van der Waals surface area contributed by atoms with Crippen LogP contribution in [-0.4, -0.2) is 10.9 Å². The predicted molar refractivity (Wildman–Crippen MR) is 73.4 cm³/mol. The molecule has 1 N–H and O–H groups in total. The first-order valence-corrected chi connectivity index (χ1v) is 6.26. The molecule has 2 aromatic rings. The van der Waals surface area contributed by atoms with Crippen molar-refractivity contribution in [3.8, 4) is 0 Å². The third kappa shape index (κ3) is 3.72. The zero-order chi connectivity index (χ0) is 15.6. The maximum Gasteiger partial charge on any atom is 0.418 e. The van der Waals surface area contributed by atoms with Gasteiger partial charge in [-0.3, -0.25) is 9.78 Å². The van der Waals surface area contributed by atoms with E-state index in [1.165, 1.54) is 18.3 Å². The van der Waals surface area contributed by atoms with Crippen molar-refractivity contribution in [2.45, 2.75) is 13.1 Å². The van der Waals surface area contributed by atoms with Crippen molar-refractivity contribution in [1.29, 1.82) is 0 Å². The minimum atomic E-state index is -4.61. The van der Waals surface area contributed by atoms with Crippen LogP contribution in [0.2, 0.25) is 5.02 Å². The lowest BCUT2D eigenvalue weighted by atomic mass is 10.1. The molecule has 0 unspecified atom stereocenters. The van der Waals surface area contributed by atoms with Crippen molar-refractivity contribution < 1.29 is 18.0 Å². The van der Waals surface area contributed by atoms with Crippen molar-refractivity contribution in [2.24, 2.45) is 0 Å². The molecular formula is C14H10ClF3N2O. The van der Waals surface area contributed by atoms with Gasteiger partial charge in [0.15, 0.2) is 0 Å². The van der Waals surface area contributed by atoms with E-state index in [0.717, 1.165) is 12.1 Å². The van der Waals surface area contributed by atoms with E-state index in [2.05, 4.69) is 10.3 Å². The fourth-order valence-corrected chi connectivity index (χ4v) is 1.83. The highest BCUT2D eigenvalue weighted by molar-refractivity contribution is 6.30. The van der Waals surface area contributed by atoms with Crippen molar-refractivity contribution in [3.05, 3.63) is 58.4 Å². The molecule has 3 nitrogen and oxygen atoms in total. The first kappa shape index (κ1) is 15.3. The molecule has 1 heterocycles. The summed E-state index contributed by atoms with van der Waals surface area (Å²) in [6.45, 7) is 1.74. The predicted octanol–water partition coefficient (Wildman–Crippen LogP) is 4.31. The summed E-state index contributed by atoms with van der Waals surface area (Å²) < 4.78 is 38.7. The Kier molecular flexibility index (Phi) is 4.18. The van der Waals surface area contributed by atoms with Crippen molar-refractivity contribution >= 4 is 23.2 Å². The minimum absolute atomic E-state index is 0.0580.